The van der Waals surface area contributed by atoms with Gasteiger partial charge in [-0.3, -0.25) is 4.40 Å². The number of fused-ring (bicyclic) bond motifs is 3. The van der Waals surface area contributed by atoms with Gasteiger partial charge < -0.3 is 4.42 Å². The first-order valence-corrected chi connectivity index (χ1v) is 10.3. The fourth-order valence-corrected chi connectivity index (χ4v) is 3.95. The van der Waals surface area contributed by atoms with Gasteiger partial charge >= 0.3 is 12.1 Å². The van der Waals surface area contributed by atoms with Crippen molar-refractivity contribution < 1.29 is 26.4 Å². The van der Waals surface area contributed by atoms with Crippen LogP contribution in [0.3, 0.4) is 0 Å². The molecule has 6 nitrogen and oxygen atoms in total. The average molecular weight is 494 g/mol. The number of imidazole rings is 1. The summed E-state index contributed by atoms with van der Waals surface area (Å²) in [5.41, 5.74) is 0.529. The van der Waals surface area contributed by atoms with E-state index in [1.165, 1.54) is 4.40 Å². The zero-order valence-electron chi connectivity index (χ0n) is 17.2. The van der Waals surface area contributed by atoms with Crippen molar-refractivity contribution in [3.05, 3.63) is 65.8 Å². The summed E-state index contributed by atoms with van der Waals surface area (Å²) in [6.45, 7) is 1.83. The topological polar surface area (TPSA) is 69.1 Å². The van der Waals surface area contributed by atoms with Crippen molar-refractivity contribution in [1.82, 2.24) is 24.6 Å². The largest absolute Gasteiger partial charge is 0.459 e. The number of aromatic nitrogens is 5. The lowest BCUT2D eigenvalue weighted by Gasteiger charge is -2.21. The second-order valence-electron chi connectivity index (χ2n) is 7.54. The van der Waals surface area contributed by atoms with Crippen molar-refractivity contribution in [1.29, 1.82) is 0 Å². The van der Waals surface area contributed by atoms with Gasteiger partial charge in [0.1, 0.15) is 17.0 Å². The summed E-state index contributed by atoms with van der Waals surface area (Å²) in [5, 5.41) is 7.72. The van der Waals surface area contributed by atoms with Crippen LogP contribution in [0.1, 0.15) is 17.0 Å². The van der Waals surface area contributed by atoms with Crippen LogP contribution in [0, 0.1) is 6.92 Å². The Kier molecular flexibility index (Phi) is 5.05. The van der Waals surface area contributed by atoms with Crippen LogP contribution in [0.2, 0.25) is 0 Å². The molecule has 1 aromatic carbocycles. The third-order valence-electron chi connectivity index (χ3n) is 5.38. The minimum Gasteiger partial charge on any atom is -0.422 e. The Labute approximate surface area is 193 Å². The van der Waals surface area contributed by atoms with Gasteiger partial charge in [0, 0.05) is 5.39 Å². The number of hydrogen-bond acceptors (Lipinski definition) is 5. The quantitative estimate of drug-likeness (QED) is 0.217. The fraction of sp³-hybridized carbons (Fsp3) is 0.182. The smallest absolute Gasteiger partial charge is 0.422 e. The van der Waals surface area contributed by atoms with Gasteiger partial charge in [-0.05, 0) is 36.2 Å². The third-order valence-corrected chi connectivity index (χ3v) is 5.63. The third kappa shape index (κ3) is 3.38. The maximum atomic E-state index is 14.5. The molecule has 12 heteroatoms. The van der Waals surface area contributed by atoms with Gasteiger partial charge in [0.2, 0.25) is 6.39 Å². The van der Waals surface area contributed by atoms with Gasteiger partial charge in [-0.15, -0.1) is 21.8 Å². The lowest BCUT2D eigenvalue weighted by Crippen LogP contribution is -2.34. The summed E-state index contributed by atoms with van der Waals surface area (Å²) in [7, 11) is 0. The number of nitrogens with zero attached hydrogens (tertiary/aromatic N) is 5. The van der Waals surface area contributed by atoms with Crippen molar-refractivity contribution in [2.75, 3.05) is 0 Å². The van der Waals surface area contributed by atoms with E-state index in [9.17, 15) is 22.0 Å². The molecule has 174 valence electrons. The lowest BCUT2D eigenvalue weighted by atomic mass is 9.99. The highest BCUT2D eigenvalue weighted by molar-refractivity contribution is 6.17. The first-order valence-electron chi connectivity index (χ1n) is 9.81. The molecule has 0 N–H and O–H groups in total. The van der Waals surface area contributed by atoms with Gasteiger partial charge in [0.15, 0.2) is 5.69 Å². The zero-order chi connectivity index (χ0) is 24.3. The van der Waals surface area contributed by atoms with E-state index in [2.05, 4.69) is 20.2 Å². The second-order valence-corrected chi connectivity index (χ2v) is 7.81. The molecular formula is C22H13ClF5N5O. The highest BCUT2D eigenvalue weighted by Gasteiger charge is 2.60. The van der Waals surface area contributed by atoms with Crippen LogP contribution in [-0.4, -0.2) is 30.7 Å². The number of pyridine rings is 2. The van der Waals surface area contributed by atoms with Crippen molar-refractivity contribution in [3.63, 3.8) is 0 Å². The van der Waals surface area contributed by atoms with Crippen LogP contribution in [0.5, 0.6) is 0 Å². The first kappa shape index (κ1) is 22.2. The Morgan fingerprint density at radius 2 is 1.74 bits per heavy atom. The molecule has 0 fully saturated rings. The Morgan fingerprint density at radius 1 is 1.00 bits per heavy atom. The van der Waals surface area contributed by atoms with Crippen molar-refractivity contribution in [2.24, 2.45) is 0 Å². The van der Waals surface area contributed by atoms with Crippen molar-refractivity contribution in [3.8, 4) is 22.7 Å². The normalized spacial score (nSPS) is 12.7. The van der Waals surface area contributed by atoms with Gasteiger partial charge in [0.05, 0.1) is 11.6 Å². The number of rotatable bonds is 4. The molecule has 5 aromatic rings. The zero-order valence-corrected chi connectivity index (χ0v) is 18.0. The molecule has 0 bridgehead atoms. The van der Waals surface area contributed by atoms with E-state index < -0.39 is 17.8 Å². The van der Waals surface area contributed by atoms with Crippen LogP contribution in [0.25, 0.3) is 39.4 Å². The van der Waals surface area contributed by atoms with Gasteiger partial charge in [-0.2, -0.15) is 22.0 Å². The van der Waals surface area contributed by atoms with E-state index >= 15 is 0 Å². The average Bonchev–Trinajstić information content (AvgIpc) is 3.45. The maximum absolute atomic E-state index is 14.5. The molecule has 0 radical (unpaired) electrons. The molecule has 34 heavy (non-hydrogen) atoms. The minimum atomic E-state index is -5.84. The minimum absolute atomic E-state index is 0.0167. The standard InChI is InChI=1S/C22H13ClF5N5O/c1-11-2-4-12(5-3-11)14-8-16(21(24,25)22(26,27)28)30-19-13(14)6-7-17-31-18(15(9-23)33(17)19)20-32-29-10-34-20/h2-8,10H,9H2,1H3. The summed E-state index contributed by atoms with van der Waals surface area (Å²) in [4.78, 5) is 8.14. The Morgan fingerprint density at radius 3 is 2.35 bits per heavy atom. The van der Waals surface area contributed by atoms with Crippen molar-refractivity contribution in [2.45, 2.75) is 24.9 Å². The Balaban J connectivity index is 1.91. The van der Waals surface area contributed by atoms with E-state index in [1.54, 1.807) is 36.4 Å². The molecule has 0 aliphatic carbocycles. The molecule has 0 amide bonds. The predicted molar refractivity (Wildman–Crippen MR) is 113 cm³/mol. The molecule has 0 atom stereocenters. The van der Waals surface area contributed by atoms with Gasteiger partial charge in [0.25, 0.3) is 5.89 Å². The first-order chi connectivity index (χ1) is 16.1. The Bertz CT molecular complexity index is 1510. The molecule has 0 saturated heterocycles. The number of aryl methyl sites for hydroxylation is 1. The molecule has 4 heterocycles. The summed E-state index contributed by atoms with van der Waals surface area (Å²) in [6.07, 6.45) is -4.77. The van der Waals surface area contributed by atoms with Crippen LogP contribution < -0.4 is 0 Å². The second kappa shape index (κ2) is 7.73. The van der Waals surface area contributed by atoms with Gasteiger partial charge in [-0.1, -0.05) is 29.8 Å². The van der Waals surface area contributed by atoms with E-state index in [-0.39, 0.29) is 40.0 Å². The summed E-state index contributed by atoms with van der Waals surface area (Å²) in [6, 6.07) is 10.7. The van der Waals surface area contributed by atoms with E-state index in [1.807, 2.05) is 6.92 Å². The molecule has 0 saturated carbocycles. The van der Waals surface area contributed by atoms with Crippen LogP contribution >= 0.6 is 11.6 Å². The summed E-state index contributed by atoms with van der Waals surface area (Å²) >= 11 is 6.14. The molecule has 4 aromatic heterocycles. The van der Waals surface area contributed by atoms with E-state index in [4.69, 9.17) is 16.0 Å². The SMILES string of the molecule is Cc1ccc(-c2cc(C(F)(F)C(F)(F)F)nc3c2ccc2nc(-c4nnco4)c(CCl)n23)cc1. The molecule has 0 aliphatic rings. The highest BCUT2D eigenvalue weighted by Crippen LogP contribution is 2.45. The summed E-state index contributed by atoms with van der Waals surface area (Å²) in [5.74, 6) is -5.36. The Hall–Kier alpha value is -3.60. The molecule has 0 aliphatic heterocycles. The molecule has 5 rings (SSSR count). The van der Waals surface area contributed by atoms with E-state index in [0.29, 0.717) is 10.9 Å². The maximum Gasteiger partial charge on any atom is 0.459 e. The summed E-state index contributed by atoms with van der Waals surface area (Å²) < 4.78 is 75.4. The van der Waals surface area contributed by atoms with Gasteiger partial charge in [-0.25, -0.2) is 9.97 Å². The number of alkyl halides is 6. The number of hydrogen-bond donors (Lipinski definition) is 0. The van der Waals surface area contributed by atoms with Crippen LogP contribution in [0.15, 0.2) is 53.3 Å². The predicted octanol–water partition coefficient (Wildman–Crippen LogP) is 6.30. The molecule has 0 spiro atoms. The highest BCUT2D eigenvalue weighted by atomic mass is 35.5. The molecular weight excluding hydrogens is 481 g/mol. The fourth-order valence-electron chi connectivity index (χ4n) is 3.70. The van der Waals surface area contributed by atoms with E-state index in [0.717, 1.165) is 18.0 Å². The molecule has 0 unspecified atom stereocenters. The van der Waals surface area contributed by atoms with Crippen LogP contribution in [0.4, 0.5) is 22.0 Å². The monoisotopic (exact) mass is 493 g/mol. The van der Waals surface area contributed by atoms with Crippen molar-refractivity contribution >= 4 is 28.3 Å². The van der Waals surface area contributed by atoms with Crippen LogP contribution in [-0.2, 0) is 11.8 Å². The lowest BCUT2D eigenvalue weighted by molar-refractivity contribution is -0.290. The number of benzene rings is 1. The number of halogens is 6.